The molecular formula is C15H19NO3S. The first kappa shape index (κ1) is 13.8. The van der Waals surface area contributed by atoms with Crippen molar-refractivity contribution in [1.82, 2.24) is 4.31 Å². The van der Waals surface area contributed by atoms with Crippen LogP contribution < -0.4 is 0 Å². The molecule has 2 heterocycles. The van der Waals surface area contributed by atoms with E-state index in [1.165, 1.54) is 5.41 Å². The van der Waals surface area contributed by atoms with E-state index in [0.717, 1.165) is 24.8 Å². The van der Waals surface area contributed by atoms with Gasteiger partial charge in [-0.15, -0.1) is 0 Å². The summed E-state index contributed by atoms with van der Waals surface area (Å²) < 4.78 is 32.3. The highest BCUT2D eigenvalue weighted by Crippen LogP contribution is 2.30. The van der Waals surface area contributed by atoms with E-state index in [-0.39, 0.29) is 12.1 Å². The van der Waals surface area contributed by atoms with Gasteiger partial charge in [-0.25, -0.2) is 8.42 Å². The summed E-state index contributed by atoms with van der Waals surface area (Å²) in [6.07, 6.45) is 4.55. The molecule has 0 unspecified atom stereocenters. The zero-order valence-electron chi connectivity index (χ0n) is 11.3. The standard InChI is InChI=1S/C15H19NO3S/c17-20(18,10-9-13-5-2-1-3-6-13)16-14-7-4-8-15(16)12-19-11-14/h1-3,5-6,9-10,14-15H,4,7-8,11-12H2/b10-9+/t14-,15-/m0/s1. The van der Waals surface area contributed by atoms with E-state index < -0.39 is 10.0 Å². The van der Waals surface area contributed by atoms with Gasteiger partial charge in [0.05, 0.1) is 13.2 Å². The Balaban J connectivity index is 1.83. The largest absolute Gasteiger partial charge is 0.378 e. The topological polar surface area (TPSA) is 46.6 Å². The maximum atomic E-state index is 12.6. The van der Waals surface area contributed by atoms with Crippen molar-refractivity contribution in [3.05, 3.63) is 41.3 Å². The first-order valence-corrected chi connectivity index (χ1v) is 8.51. The summed E-state index contributed by atoms with van der Waals surface area (Å²) in [5.41, 5.74) is 0.898. The lowest BCUT2D eigenvalue weighted by Crippen LogP contribution is -2.56. The van der Waals surface area contributed by atoms with Crippen LogP contribution in [0.15, 0.2) is 35.7 Å². The van der Waals surface area contributed by atoms with Crippen LogP contribution in [0.5, 0.6) is 0 Å². The van der Waals surface area contributed by atoms with Crippen molar-refractivity contribution in [3.63, 3.8) is 0 Å². The van der Waals surface area contributed by atoms with Crippen LogP contribution in [0.1, 0.15) is 24.8 Å². The van der Waals surface area contributed by atoms with Gasteiger partial charge in [0.15, 0.2) is 0 Å². The molecule has 0 saturated carbocycles. The van der Waals surface area contributed by atoms with E-state index in [9.17, 15) is 8.42 Å². The first-order valence-electron chi connectivity index (χ1n) is 7.01. The fraction of sp³-hybridized carbons (Fsp3) is 0.467. The van der Waals surface area contributed by atoms with Crippen LogP contribution in [-0.2, 0) is 14.8 Å². The number of hydrogen-bond donors (Lipinski definition) is 0. The molecule has 2 aliphatic heterocycles. The Morgan fingerprint density at radius 3 is 2.40 bits per heavy atom. The molecule has 0 aliphatic carbocycles. The van der Waals surface area contributed by atoms with Gasteiger partial charge in [-0.1, -0.05) is 36.8 Å². The number of rotatable bonds is 3. The molecule has 5 heteroatoms. The van der Waals surface area contributed by atoms with E-state index in [1.807, 2.05) is 30.3 Å². The van der Waals surface area contributed by atoms with Crippen molar-refractivity contribution >= 4 is 16.1 Å². The Morgan fingerprint density at radius 2 is 1.75 bits per heavy atom. The summed E-state index contributed by atoms with van der Waals surface area (Å²) in [5.74, 6) is 0. The lowest BCUT2D eigenvalue weighted by molar-refractivity contribution is -0.0291. The molecule has 0 spiro atoms. The molecule has 1 aromatic carbocycles. The molecule has 20 heavy (non-hydrogen) atoms. The molecule has 1 aromatic rings. The molecule has 0 radical (unpaired) electrons. The Kier molecular flexibility index (Phi) is 3.92. The second-order valence-corrected chi connectivity index (χ2v) is 7.09. The van der Waals surface area contributed by atoms with E-state index in [1.54, 1.807) is 10.4 Å². The van der Waals surface area contributed by atoms with Crippen LogP contribution in [0, 0.1) is 0 Å². The molecule has 2 fully saturated rings. The third-order valence-corrected chi connectivity index (χ3v) is 5.60. The minimum atomic E-state index is -3.37. The lowest BCUT2D eigenvalue weighted by atomic mass is 9.98. The molecule has 3 rings (SSSR count). The van der Waals surface area contributed by atoms with Crippen molar-refractivity contribution in [3.8, 4) is 0 Å². The number of ether oxygens (including phenoxy) is 1. The van der Waals surface area contributed by atoms with Gasteiger partial charge in [-0.3, -0.25) is 0 Å². The van der Waals surface area contributed by atoms with Gasteiger partial charge in [0, 0.05) is 17.5 Å². The predicted molar refractivity (Wildman–Crippen MR) is 78.5 cm³/mol. The zero-order chi connectivity index (χ0) is 14.0. The lowest BCUT2D eigenvalue weighted by Gasteiger charge is -2.43. The van der Waals surface area contributed by atoms with Crippen molar-refractivity contribution < 1.29 is 13.2 Å². The minimum Gasteiger partial charge on any atom is -0.378 e. The third kappa shape index (κ3) is 2.80. The number of fused-ring (bicyclic) bond motifs is 2. The van der Waals surface area contributed by atoms with Gasteiger partial charge in [0.2, 0.25) is 10.0 Å². The van der Waals surface area contributed by atoms with Gasteiger partial charge in [-0.2, -0.15) is 4.31 Å². The van der Waals surface area contributed by atoms with Gasteiger partial charge >= 0.3 is 0 Å². The number of hydrogen-bond acceptors (Lipinski definition) is 3. The molecular weight excluding hydrogens is 274 g/mol. The van der Waals surface area contributed by atoms with E-state index in [4.69, 9.17) is 4.74 Å². The molecule has 2 saturated heterocycles. The molecule has 2 atom stereocenters. The Bertz CT molecular complexity index is 560. The minimum absolute atomic E-state index is 0.00734. The highest BCUT2D eigenvalue weighted by Gasteiger charge is 2.40. The van der Waals surface area contributed by atoms with Crippen LogP contribution in [-0.4, -0.2) is 38.0 Å². The van der Waals surface area contributed by atoms with Crippen molar-refractivity contribution in [1.29, 1.82) is 0 Å². The third-order valence-electron chi connectivity index (χ3n) is 3.94. The number of benzene rings is 1. The molecule has 0 aromatic heterocycles. The number of sulfonamides is 1. The quantitative estimate of drug-likeness (QED) is 0.858. The van der Waals surface area contributed by atoms with Crippen LogP contribution in [0.25, 0.3) is 6.08 Å². The fourth-order valence-electron chi connectivity index (χ4n) is 3.01. The number of nitrogens with zero attached hydrogens (tertiary/aromatic N) is 1. The van der Waals surface area contributed by atoms with Gasteiger partial charge in [-0.05, 0) is 24.5 Å². The summed E-state index contributed by atoms with van der Waals surface area (Å²) in [6.45, 7) is 1.05. The number of morpholine rings is 1. The second-order valence-electron chi connectivity index (χ2n) is 5.36. The molecule has 108 valence electrons. The summed E-state index contributed by atoms with van der Waals surface area (Å²) in [4.78, 5) is 0. The highest BCUT2D eigenvalue weighted by molar-refractivity contribution is 7.92. The van der Waals surface area contributed by atoms with Crippen LogP contribution in [0.2, 0.25) is 0 Å². The van der Waals surface area contributed by atoms with Gasteiger partial charge in [0.1, 0.15) is 0 Å². The first-order chi connectivity index (χ1) is 9.67. The smallest absolute Gasteiger partial charge is 0.236 e. The summed E-state index contributed by atoms with van der Waals surface area (Å²) in [7, 11) is -3.37. The van der Waals surface area contributed by atoms with Crippen LogP contribution in [0.3, 0.4) is 0 Å². The Morgan fingerprint density at radius 1 is 1.10 bits per heavy atom. The van der Waals surface area contributed by atoms with Crippen LogP contribution in [0.4, 0.5) is 0 Å². The average Bonchev–Trinajstić information content (AvgIpc) is 2.45. The van der Waals surface area contributed by atoms with E-state index in [2.05, 4.69) is 0 Å². The van der Waals surface area contributed by atoms with Gasteiger partial charge in [0.25, 0.3) is 0 Å². The SMILES string of the molecule is O=S(=O)(/C=C/c1ccccc1)N1[C@H]2CCC[C@H]1COC2. The fourth-order valence-corrected chi connectivity index (χ4v) is 4.64. The summed E-state index contributed by atoms with van der Waals surface area (Å²) in [6, 6.07) is 9.52. The van der Waals surface area contributed by atoms with E-state index in [0.29, 0.717) is 13.2 Å². The van der Waals surface area contributed by atoms with Crippen molar-refractivity contribution in [2.75, 3.05) is 13.2 Å². The normalized spacial score (nSPS) is 27.8. The Hall–Kier alpha value is -1.17. The highest BCUT2D eigenvalue weighted by atomic mass is 32.2. The molecule has 2 bridgehead atoms. The maximum absolute atomic E-state index is 12.6. The summed E-state index contributed by atoms with van der Waals surface area (Å²) in [5, 5.41) is 1.33. The van der Waals surface area contributed by atoms with Gasteiger partial charge < -0.3 is 4.74 Å². The molecule has 2 aliphatic rings. The maximum Gasteiger partial charge on any atom is 0.236 e. The molecule has 0 N–H and O–H groups in total. The van der Waals surface area contributed by atoms with E-state index >= 15 is 0 Å². The number of piperidine rings is 1. The Labute approximate surface area is 120 Å². The average molecular weight is 293 g/mol. The zero-order valence-corrected chi connectivity index (χ0v) is 12.1. The summed E-state index contributed by atoms with van der Waals surface area (Å²) >= 11 is 0. The monoisotopic (exact) mass is 293 g/mol. The van der Waals surface area contributed by atoms with Crippen molar-refractivity contribution in [2.45, 2.75) is 31.3 Å². The second kappa shape index (κ2) is 5.68. The molecule has 4 nitrogen and oxygen atoms in total. The molecule has 0 amide bonds. The predicted octanol–water partition coefficient (Wildman–Crippen LogP) is 2.24. The van der Waals surface area contributed by atoms with Crippen molar-refractivity contribution in [2.24, 2.45) is 0 Å². The van der Waals surface area contributed by atoms with Crippen LogP contribution >= 0.6 is 0 Å².